The quantitative estimate of drug-likeness (QED) is 0.771. The number of fused-ring (bicyclic) bond motifs is 1. The van der Waals surface area contributed by atoms with Crippen molar-refractivity contribution in [2.45, 2.75) is 53.0 Å². The Morgan fingerprint density at radius 1 is 1.33 bits per heavy atom. The standard InChI is InChI=1S/C17H24N2O2/c1-4-5-6-9-17(2,3)11-19-12-18-14-8-7-13(16(20)21)10-15(14)19/h7-8,10,12H,4-6,9,11H2,1-3H3,(H,20,21). The average Bonchev–Trinajstić information content (AvgIpc) is 2.80. The Morgan fingerprint density at radius 3 is 2.76 bits per heavy atom. The van der Waals surface area contributed by atoms with E-state index in [2.05, 4.69) is 30.3 Å². The first-order chi connectivity index (χ1) is 9.93. The molecule has 0 spiro atoms. The zero-order chi connectivity index (χ0) is 15.5. The fourth-order valence-electron chi connectivity index (χ4n) is 2.71. The molecule has 1 heterocycles. The minimum absolute atomic E-state index is 0.183. The molecule has 0 radical (unpaired) electrons. The number of rotatable bonds is 7. The lowest BCUT2D eigenvalue weighted by Gasteiger charge is -2.25. The van der Waals surface area contributed by atoms with Crippen LogP contribution >= 0.6 is 0 Å². The van der Waals surface area contributed by atoms with Gasteiger partial charge in [0.15, 0.2) is 0 Å². The van der Waals surface area contributed by atoms with Gasteiger partial charge in [-0.15, -0.1) is 0 Å². The van der Waals surface area contributed by atoms with Gasteiger partial charge in [-0.3, -0.25) is 0 Å². The van der Waals surface area contributed by atoms with Crippen molar-refractivity contribution in [1.82, 2.24) is 9.55 Å². The number of unbranched alkanes of at least 4 members (excludes halogenated alkanes) is 2. The van der Waals surface area contributed by atoms with E-state index in [1.165, 1.54) is 25.7 Å². The topological polar surface area (TPSA) is 55.1 Å². The highest BCUT2D eigenvalue weighted by atomic mass is 16.4. The van der Waals surface area contributed by atoms with Gasteiger partial charge < -0.3 is 9.67 Å². The van der Waals surface area contributed by atoms with E-state index < -0.39 is 5.97 Å². The summed E-state index contributed by atoms with van der Waals surface area (Å²) in [6.07, 6.45) is 6.71. The molecule has 4 nitrogen and oxygen atoms in total. The third kappa shape index (κ3) is 3.84. The number of carboxylic acid groups (broad SMARTS) is 1. The second kappa shape index (κ2) is 6.29. The summed E-state index contributed by atoms with van der Waals surface area (Å²) < 4.78 is 2.08. The van der Waals surface area contributed by atoms with Gasteiger partial charge in [-0.2, -0.15) is 0 Å². The van der Waals surface area contributed by atoms with Crippen LogP contribution in [0.15, 0.2) is 24.5 Å². The predicted molar refractivity (Wildman–Crippen MR) is 84.6 cm³/mol. The third-order valence-corrected chi connectivity index (χ3v) is 3.92. The largest absolute Gasteiger partial charge is 0.478 e. The van der Waals surface area contributed by atoms with Gasteiger partial charge >= 0.3 is 5.97 Å². The Hall–Kier alpha value is -1.84. The zero-order valence-electron chi connectivity index (χ0n) is 13.1. The second-order valence-electron chi connectivity index (χ2n) is 6.50. The molecule has 2 rings (SSSR count). The van der Waals surface area contributed by atoms with Gasteiger partial charge in [-0.1, -0.05) is 40.0 Å². The number of imidazole rings is 1. The number of carbonyl (C=O) groups is 1. The summed E-state index contributed by atoms with van der Waals surface area (Å²) in [5, 5.41) is 9.12. The van der Waals surface area contributed by atoms with Gasteiger partial charge in [-0.25, -0.2) is 9.78 Å². The van der Waals surface area contributed by atoms with E-state index in [1.54, 1.807) is 18.2 Å². The van der Waals surface area contributed by atoms with Crippen LogP contribution < -0.4 is 0 Å². The number of nitrogens with zero attached hydrogens (tertiary/aromatic N) is 2. The van der Waals surface area contributed by atoms with Crippen molar-refractivity contribution in [2.24, 2.45) is 5.41 Å². The van der Waals surface area contributed by atoms with Gasteiger partial charge in [0, 0.05) is 6.54 Å². The molecule has 1 aromatic heterocycles. The molecule has 0 saturated heterocycles. The van der Waals surface area contributed by atoms with Gasteiger partial charge in [0.25, 0.3) is 0 Å². The van der Waals surface area contributed by atoms with Crippen LogP contribution in [0.2, 0.25) is 0 Å². The van der Waals surface area contributed by atoms with Crippen LogP contribution in [0.25, 0.3) is 11.0 Å². The predicted octanol–water partition coefficient (Wildman–Crippen LogP) is 4.34. The number of aromatic nitrogens is 2. The van der Waals surface area contributed by atoms with Crippen LogP contribution in [-0.4, -0.2) is 20.6 Å². The van der Waals surface area contributed by atoms with Gasteiger partial charge in [0.05, 0.1) is 22.9 Å². The Morgan fingerprint density at radius 2 is 2.10 bits per heavy atom. The van der Waals surface area contributed by atoms with Gasteiger partial charge in [0.1, 0.15) is 0 Å². The molecular formula is C17H24N2O2. The summed E-state index contributed by atoms with van der Waals surface area (Å²) in [7, 11) is 0. The molecule has 0 unspecified atom stereocenters. The molecular weight excluding hydrogens is 264 g/mol. The number of aromatic carboxylic acids is 1. The smallest absolute Gasteiger partial charge is 0.335 e. The van der Waals surface area contributed by atoms with E-state index >= 15 is 0 Å². The van der Waals surface area contributed by atoms with E-state index in [0.29, 0.717) is 5.56 Å². The van der Waals surface area contributed by atoms with Crippen LogP contribution in [0.5, 0.6) is 0 Å². The normalized spacial score (nSPS) is 12.0. The van der Waals surface area contributed by atoms with Gasteiger partial charge in [0.2, 0.25) is 0 Å². The highest BCUT2D eigenvalue weighted by Crippen LogP contribution is 2.28. The Labute approximate surface area is 125 Å². The molecule has 0 aliphatic heterocycles. The van der Waals surface area contributed by atoms with Crippen molar-refractivity contribution in [3.05, 3.63) is 30.1 Å². The fourth-order valence-corrected chi connectivity index (χ4v) is 2.71. The minimum atomic E-state index is -0.896. The zero-order valence-corrected chi connectivity index (χ0v) is 13.1. The van der Waals surface area contributed by atoms with Gasteiger partial charge in [-0.05, 0) is 30.0 Å². The first-order valence-electron chi connectivity index (χ1n) is 7.61. The first-order valence-corrected chi connectivity index (χ1v) is 7.61. The monoisotopic (exact) mass is 288 g/mol. The lowest BCUT2D eigenvalue weighted by Crippen LogP contribution is -2.19. The third-order valence-electron chi connectivity index (χ3n) is 3.92. The molecule has 2 aromatic rings. The summed E-state index contributed by atoms with van der Waals surface area (Å²) in [5.41, 5.74) is 2.25. The molecule has 21 heavy (non-hydrogen) atoms. The van der Waals surface area contributed by atoms with Crippen LogP contribution in [-0.2, 0) is 6.54 Å². The maximum absolute atomic E-state index is 11.1. The molecule has 4 heteroatoms. The van der Waals surface area contributed by atoms with E-state index in [-0.39, 0.29) is 5.41 Å². The highest BCUT2D eigenvalue weighted by Gasteiger charge is 2.19. The van der Waals surface area contributed by atoms with Crippen molar-refractivity contribution in [3.8, 4) is 0 Å². The molecule has 1 aromatic carbocycles. The van der Waals surface area contributed by atoms with Crippen molar-refractivity contribution >= 4 is 17.0 Å². The minimum Gasteiger partial charge on any atom is -0.478 e. The van der Waals surface area contributed by atoms with Crippen molar-refractivity contribution in [3.63, 3.8) is 0 Å². The van der Waals surface area contributed by atoms with Crippen molar-refractivity contribution in [1.29, 1.82) is 0 Å². The average molecular weight is 288 g/mol. The lowest BCUT2D eigenvalue weighted by atomic mass is 9.86. The van der Waals surface area contributed by atoms with E-state index in [1.807, 2.05) is 6.33 Å². The first kappa shape index (κ1) is 15.5. The summed E-state index contributed by atoms with van der Waals surface area (Å²) in [4.78, 5) is 15.5. The van der Waals surface area contributed by atoms with Crippen LogP contribution in [0, 0.1) is 5.41 Å². The summed E-state index contributed by atoms with van der Waals surface area (Å²) in [6.45, 7) is 7.59. The molecule has 0 amide bonds. The molecule has 0 aliphatic carbocycles. The molecule has 1 N–H and O–H groups in total. The summed E-state index contributed by atoms with van der Waals surface area (Å²) in [6, 6.07) is 5.10. The number of hydrogen-bond donors (Lipinski definition) is 1. The molecule has 0 fully saturated rings. The van der Waals surface area contributed by atoms with Crippen LogP contribution in [0.1, 0.15) is 56.8 Å². The summed E-state index contributed by atoms with van der Waals surface area (Å²) >= 11 is 0. The lowest BCUT2D eigenvalue weighted by molar-refractivity contribution is 0.0697. The molecule has 0 aliphatic rings. The fraction of sp³-hybridized carbons (Fsp3) is 0.529. The van der Waals surface area contributed by atoms with Crippen LogP contribution in [0.4, 0.5) is 0 Å². The van der Waals surface area contributed by atoms with Crippen molar-refractivity contribution < 1.29 is 9.90 Å². The molecule has 0 bridgehead atoms. The van der Waals surface area contributed by atoms with Crippen molar-refractivity contribution in [2.75, 3.05) is 0 Å². The highest BCUT2D eigenvalue weighted by molar-refractivity contribution is 5.92. The Balaban J connectivity index is 2.21. The second-order valence-corrected chi connectivity index (χ2v) is 6.50. The molecule has 114 valence electrons. The maximum atomic E-state index is 11.1. The Kier molecular flexibility index (Phi) is 4.66. The van der Waals surface area contributed by atoms with E-state index in [9.17, 15) is 4.79 Å². The van der Waals surface area contributed by atoms with E-state index in [4.69, 9.17) is 5.11 Å². The van der Waals surface area contributed by atoms with E-state index in [0.717, 1.165) is 17.6 Å². The Bertz CT molecular complexity index is 629. The maximum Gasteiger partial charge on any atom is 0.335 e. The van der Waals surface area contributed by atoms with Crippen LogP contribution in [0.3, 0.4) is 0 Å². The number of carboxylic acids is 1. The number of hydrogen-bond acceptors (Lipinski definition) is 2. The SMILES string of the molecule is CCCCCC(C)(C)Cn1cnc2ccc(C(=O)O)cc21. The summed E-state index contributed by atoms with van der Waals surface area (Å²) in [5.74, 6) is -0.896. The molecule has 0 atom stereocenters. The molecule has 0 saturated carbocycles. The number of benzene rings is 1.